The molecule has 6 nitrogen and oxygen atoms in total. The van der Waals surface area contributed by atoms with Gasteiger partial charge in [-0.15, -0.1) is 0 Å². The summed E-state index contributed by atoms with van der Waals surface area (Å²) in [4.78, 5) is 14.6. The molecule has 35 heavy (non-hydrogen) atoms. The van der Waals surface area contributed by atoms with E-state index in [4.69, 9.17) is 9.47 Å². The molecule has 6 heteroatoms. The zero-order valence-corrected chi connectivity index (χ0v) is 19.4. The smallest absolute Gasteiger partial charge is 0.214 e. The minimum absolute atomic E-state index is 0.218. The first-order chi connectivity index (χ1) is 17.1. The van der Waals surface area contributed by atoms with Crippen molar-refractivity contribution in [1.29, 1.82) is 0 Å². The van der Waals surface area contributed by atoms with Crippen molar-refractivity contribution < 1.29 is 14.4 Å². The van der Waals surface area contributed by atoms with Crippen LogP contribution in [-0.4, -0.2) is 23.1 Å². The molecule has 0 aliphatic heterocycles. The molecule has 0 aliphatic carbocycles. The summed E-state index contributed by atoms with van der Waals surface area (Å²) in [5.41, 5.74) is 3.72. The van der Waals surface area contributed by atoms with E-state index in [9.17, 15) is 10.1 Å². The number of ether oxygens (including phenoxy) is 2. The predicted molar refractivity (Wildman–Crippen MR) is 138 cm³/mol. The second-order valence-corrected chi connectivity index (χ2v) is 8.47. The van der Waals surface area contributed by atoms with Crippen LogP contribution in [0.1, 0.15) is 29.5 Å². The first-order valence-electron chi connectivity index (χ1n) is 11.7. The summed E-state index contributed by atoms with van der Waals surface area (Å²) in [7, 11) is 0. The third-order valence-corrected chi connectivity index (χ3v) is 6.21. The highest BCUT2D eigenvalue weighted by molar-refractivity contribution is 5.84. The summed E-state index contributed by atoms with van der Waals surface area (Å²) in [6.45, 7) is 2.55. The van der Waals surface area contributed by atoms with Crippen molar-refractivity contribution in [3.63, 3.8) is 0 Å². The fourth-order valence-corrected chi connectivity index (χ4v) is 4.53. The number of H-pyrrole nitrogens is 1. The van der Waals surface area contributed by atoms with E-state index in [-0.39, 0.29) is 11.5 Å². The Hall–Kier alpha value is -4.32. The van der Waals surface area contributed by atoms with Crippen LogP contribution in [0, 0.1) is 10.1 Å². The maximum atomic E-state index is 11.6. The van der Waals surface area contributed by atoms with Crippen molar-refractivity contribution in [2.75, 3.05) is 13.2 Å². The van der Waals surface area contributed by atoms with Gasteiger partial charge >= 0.3 is 0 Å². The molecular weight excluding hydrogens is 440 g/mol. The summed E-state index contributed by atoms with van der Waals surface area (Å²) in [5.74, 6) is 0.774. The molecule has 5 aromatic rings. The van der Waals surface area contributed by atoms with Gasteiger partial charge in [0.25, 0.3) is 0 Å². The number of benzene rings is 4. The minimum Gasteiger partial charge on any atom is -0.490 e. The molecule has 0 saturated heterocycles. The number of hydrogen-bond donors (Lipinski definition) is 1. The Labute approximate surface area is 203 Å². The molecule has 0 radical (unpaired) electrons. The molecule has 0 spiro atoms. The van der Waals surface area contributed by atoms with Crippen LogP contribution in [0.5, 0.6) is 11.5 Å². The average molecular weight is 467 g/mol. The lowest BCUT2D eigenvalue weighted by Gasteiger charge is -2.17. The number of aromatic amines is 1. The van der Waals surface area contributed by atoms with Gasteiger partial charge in [-0.2, -0.15) is 0 Å². The van der Waals surface area contributed by atoms with Gasteiger partial charge in [-0.05, 0) is 58.7 Å². The van der Waals surface area contributed by atoms with Crippen LogP contribution in [0.4, 0.5) is 0 Å². The molecule has 4 aromatic carbocycles. The van der Waals surface area contributed by atoms with Crippen LogP contribution in [0.3, 0.4) is 0 Å². The van der Waals surface area contributed by atoms with E-state index in [0.717, 1.165) is 33.0 Å². The summed E-state index contributed by atoms with van der Waals surface area (Å²) in [6, 6.07) is 27.9. The zero-order valence-electron chi connectivity index (χ0n) is 19.4. The molecule has 0 fully saturated rings. The summed E-state index contributed by atoms with van der Waals surface area (Å²) in [5, 5.41) is 14.9. The third-order valence-electron chi connectivity index (χ3n) is 6.21. The van der Waals surface area contributed by atoms with Crippen molar-refractivity contribution in [3.8, 4) is 11.5 Å². The number of hydrogen-bond acceptors (Lipinski definition) is 4. The first kappa shape index (κ1) is 22.5. The molecule has 0 unspecified atom stereocenters. The van der Waals surface area contributed by atoms with Crippen LogP contribution >= 0.6 is 0 Å². The first-order valence-corrected chi connectivity index (χ1v) is 11.7. The van der Waals surface area contributed by atoms with Crippen molar-refractivity contribution in [3.05, 3.63) is 118 Å². The Balaban J connectivity index is 1.45. The van der Waals surface area contributed by atoms with Crippen LogP contribution in [-0.2, 0) is 6.61 Å². The number of rotatable bonds is 9. The zero-order chi connectivity index (χ0) is 24.2. The van der Waals surface area contributed by atoms with Gasteiger partial charge in [-0.3, -0.25) is 10.1 Å². The molecule has 0 aliphatic rings. The number of nitro groups is 1. The van der Waals surface area contributed by atoms with Gasteiger partial charge in [-0.1, -0.05) is 60.7 Å². The lowest BCUT2D eigenvalue weighted by atomic mass is 9.90. The van der Waals surface area contributed by atoms with Gasteiger partial charge in [0.2, 0.25) is 6.54 Å². The fourth-order valence-electron chi connectivity index (χ4n) is 4.53. The molecular formula is C29H26N2O4. The maximum Gasteiger partial charge on any atom is 0.214 e. The lowest BCUT2D eigenvalue weighted by molar-refractivity contribution is -0.481. The summed E-state index contributed by atoms with van der Waals surface area (Å²) >= 11 is 0. The van der Waals surface area contributed by atoms with E-state index in [1.807, 2.05) is 67.7 Å². The average Bonchev–Trinajstić information content (AvgIpc) is 3.30. The number of fused-ring (bicyclic) bond motifs is 2. The standard InChI is InChI=1S/C29H26N2O4/c1-2-34-29-16-23(26(18-31(32)33)25-17-30-27-10-6-5-9-24(25)27)13-14-28(29)35-19-20-11-12-21-7-3-4-8-22(21)15-20/h3-17,26,30H,2,18-19H2,1H3/t26-/m1/s1. The Bertz CT molecular complexity index is 1490. The molecule has 0 bridgehead atoms. The number of nitrogens with one attached hydrogen (secondary N) is 1. The van der Waals surface area contributed by atoms with E-state index in [1.165, 1.54) is 5.39 Å². The molecule has 1 N–H and O–H groups in total. The highest BCUT2D eigenvalue weighted by atomic mass is 16.6. The number of aromatic nitrogens is 1. The van der Waals surface area contributed by atoms with Gasteiger partial charge in [0.15, 0.2) is 11.5 Å². The lowest BCUT2D eigenvalue weighted by Crippen LogP contribution is -2.14. The predicted octanol–water partition coefficient (Wildman–Crippen LogP) is 6.71. The summed E-state index contributed by atoms with van der Waals surface area (Å²) < 4.78 is 12.0. The van der Waals surface area contributed by atoms with E-state index < -0.39 is 5.92 Å². The van der Waals surface area contributed by atoms with Gasteiger partial charge in [-0.25, -0.2) is 0 Å². The molecule has 0 saturated carbocycles. The molecule has 176 valence electrons. The normalized spacial score (nSPS) is 12.0. The minimum atomic E-state index is -0.421. The van der Waals surface area contributed by atoms with Gasteiger partial charge in [0, 0.05) is 22.0 Å². The monoisotopic (exact) mass is 466 g/mol. The van der Waals surface area contributed by atoms with Crippen molar-refractivity contribution in [2.24, 2.45) is 0 Å². The van der Waals surface area contributed by atoms with Crippen molar-refractivity contribution >= 4 is 21.7 Å². The van der Waals surface area contributed by atoms with E-state index in [1.54, 1.807) is 0 Å². The summed E-state index contributed by atoms with van der Waals surface area (Å²) in [6.07, 6.45) is 1.86. The maximum absolute atomic E-state index is 11.6. The van der Waals surface area contributed by atoms with E-state index >= 15 is 0 Å². The second-order valence-electron chi connectivity index (χ2n) is 8.47. The van der Waals surface area contributed by atoms with Gasteiger partial charge in [0.05, 0.1) is 12.5 Å². The van der Waals surface area contributed by atoms with Gasteiger partial charge in [0.1, 0.15) is 6.61 Å². The third kappa shape index (κ3) is 4.82. The van der Waals surface area contributed by atoms with Crippen LogP contribution in [0.15, 0.2) is 91.1 Å². The molecule has 1 heterocycles. The largest absolute Gasteiger partial charge is 0.490 e. The van der Waals surface area contributed by atoms with Crippen LogP contribution < -0.4 is 9.47 Å². The molecule has 0 amide bonds. The van der Waals surface area contributed by atoms with Crippen LogP contribution in [0.2, 0.25) is 0 Å². The van der Waals surface area contributed by atoms with Crippen molar-refractivity contribution in [2.45, 2.75) is 19.4 Å². The van der Waals surface area contributed by atoms with E-state index in [2.05, 4.69) is 35.3 Å². The van der Waals surface area contributed by atoms with Gasteiger partial charge < -0.3 is 14.5 Å². The van der Waals surface area contributed by atoms with Crippen molar-refractivity contribution in [1.82, 2.24) is 4.98 Å². The Morgan fingerprint density at radius 1 is 0.886 bits per heavy atom. The van der Waals surface area contributed by atoms with E-state index in [0.29, 0.717) is 24.7 Å². The molecule has 1 atom stereocenters. The molecule has 1 aromatic heterocycles. The Morgan fingerprint density at radius 3 is 2.51 bits per heavy atom. The quantitative estimate of drug-likeness (QED) is 0.193. The number of nitrogens with zero attached hydrogens (tertiary/aromatic N) is 1. The highest BCUT2D eigenvalue weighted by Gasteiger charge is 2.24. The fraction of sp³-hybridized carbons (Fsp3) is 0.172. The SMILES string of the molecule is CCOc1cc([C@@H](C[N+](=O)[O-])c2c[nH]c3ccccc23)ccc1OCc1ccc2ccccc2c1. The second kappa shape index (κ2) is 9.89. The Kier molecular flexibility index (Phi) is 6.35. The Morgan fingerprint density at radius 2 is 1.69 bits per heavy atom. The number of para-hydroxylation sites is 1. The topological polar surface area (TPSA) is 77.4 Å². The molecule has 5 rings (SSSR count). The highest BCUT2D eigenvalue weighted by Crippen LogP contribution is 2.36. The van der Waals surface area contributed by atoms with Crippen LogP contribution in [0.25, 0.3) is 21.7 Å².